The number of hydrogen-bond donors (Lipinski definition) is 2. The fraction of sp³-hybridized carbons (Fsp3) is 0.533. The van der Waals surface area contributed by atoms with Gasteiger partial charge in [0, 0.05) is 18.2 Å². The number of hydrogen-bond acceptors (Lipinski definition) is 5. The van der Waals surface area contributed by atoms with Crippen LogP contribution in [0.1, 0.15) is 31.1 Å². The third kappa shape index (κ3) is 5.19. The molecule has 0 saturated heterocycles. The van der Waals surface area contributed by atoms with Crippen LogP contribution in [-0.2, 0) is 0 Å². The molecular weight excluding hydrogens is 258 g/mol. The van der Waals surface area contributed by atoms with E-state index in [1.54, 1.807) is 18.2 Å². The molecule has 0 spiro atoms. The van der Waals surface area contributed by atoms with Crippen LogP contribution in [0, 0.1) is 0 Å². The highest BCUT2D eigenvalue weighted by atomic mass is 16.5. The Morgan fingerprint density at radius 1 is 1.35 bits per heavy atom. The van der Waals surface area contributed by atoms with Crippen molar-refractivity contribution in [2.24, 2.45) is 0 Å². The molecular formula is C15H23NO4. The van der Waals surface area contributed by atoms with Gasteiger partial charge in [-0.2, -0.15) is 0 Å². The van der Waals surface area contributed by atoms with E-state index in [0.29, 0.717) is 29.6 Å². The zero-order chi connectivity index (χ0) is 15.1. The van der Waals surface area contributed by atoms with Gasteiger partial charge in [0.2, 0.25) is 0 Å². The van der Waals surface area contributed by atoms with E-state index in [4.69, 9.17) is 9.47 Å². The highest BCUT2D eigenvalue weighted by molar-refractivity contribution is 5.94. The van der Waals surface area contributed by atoms with Crippen LogP contribution in [0.15, 0.2) is 18.2 Å². The number of aliphatic hydroxyl groups excluding tert-OH is 1. The molecule has 0 aliphatic carbocycles. The maximum atomic E-state index is 11.3. The number of carbonyl (C=O) groups excluding carboxylic acids is 1. The predicted octanol–water partition coefficient (Wildman–Crippen LogP) is 1.64. The first-order valence-electron chi connectivity index (χ1n) is 6.67. The van der Waals surface area contributed by atoms with E-state index >= 15 is 0 Å². The Labute approximate surface area is 119 Å². The summed E-state index contributed by atoms with van der Waals surface area (Å²) in [6, 6.07) is 5.31. The first-order valence-corrected chi connectivity index (χ1v) is 6.67. The van der Waals surface area contributed by atoms with Crippen molar-refractivity contribution in [1.29, 1.82) is 0 Å². The SMILES string of the molecule is COc1cc(C(C)=O)ccc1OCC(O)CNC(C)C. The quantitative estimate of drug-likeness (QED) is 0.709. The highest BCUT2D eigenvalue weighted by Gasteiger charge is 2.11. The lowest BCUT2D eigenvalue weighted by molar-refractivity contribution is 0.101. The van der Waals surface area contributed by atoms with Crippen molar-refractivity contribution >= 4 is 5.78 Å². The molecule has 1 aromatic rings. The van der Waals surface area contributed by atoms with Crippen molar-refractivity contribution < 1.29 is 19.4 Å². The molecule has 5 heteroatoms. The molecule has 0 bridgehead atoms. The van der Waals surface area contributed by atoms with Crippen LogP contribution in [0.3, 0.4) is 0 Å². The molecule has 0 aliphatic rings. The van der Waals surface area contributed by atoms with Crippen molar-refractivity contribution in [3.8, 4) is 11.5 Å². The number of rotatable bonds is 8. The van der Waals surface area contributed by atoms with Crippen molar-refractivity contribution in [2.75, 3.05) is 20.3 Å². The smallest absolute Gasteiger partial charge is 0.161 e. The summed E-state index contributed by atoms with van der Waals surface area (Å²) < 4.78 is 10.7. The molecule has 1 unspecified atom stereocenters. The summed E-state index contributed by atoms with van der Waals surface area (Å²) in [4.78, 5) is 11.3. The van der Waals surface area contributed by atoms with E-state index in [1.807, 2.05) is 13.8 Å². The van der Waals surface area contributed by atoms with Gasteiger partial charge in [0.15, 0.2) is 17.3 Å². The lowest BCUT2D eigenvalue weighted by atomic mass is 10.1. The lowest BCUT2D eigenvalue weighted by Gasteiger charge is -2.16. The van der Waals surface area contributed by atoms with Gasteiger partial charge in [-0.3, -0.25) is 4.79 Å². The molecule has 0 heterocycles. The molecule has 20 heavy (non-hydrogen) atoms. The highest BCUT2D eigenvalue weighted by Crippen LogP contribution is 2.28. The van der Waals surface area contributed by atoms with Gasteiger partial charge in [-0.25, -0.2) is 0 Å². The summed E-state index contributed by atoms with van der Waals surface area (Å²) >= 11 is 0. The molecule has 0 aliphatic heterocycles. The van der Waals surface area contributed by atoms with Gasteiger partial charge < -0.3 is 19.9 Å². The summed E-state index contributed by atoms with van der Waals surface area (Å²) in [6.07, 6.45) is -0.602. The zero-order valence-electron chi connectivity index (χ0n) is 12.5. The largest absolute Gasteiger partial charge is 0.493 e. The second-order valence-corrected chi connectivity index (χ2v) is 4.95. The Morgan fingerprint density at radius 2 is 2.05 bits per heavy atom. The molecule has 0 aromatic heterocycles. The maximum Gasteiger partial charge on any atom is 0.161 e. The molecule has 5 nitrogen and oxygen atoms in total. The lowest BCUT2D eigenvalue weighted by Crippen LogP contribution is -2.35. The fourth-order valence-corrected chi connectivity index (χ4v) is 1.62. The van der Waals surface area contributed by atoms with Gasteiger partial charge in [0.1, 0.15) is 12.7 Å². The Balaban J connectivity index is 2.61. The van der Waals surface area contributed by atoms with E-state index in [-0.39, 0.29) is 12.4 Å². The number of carbonyl (C=O) groups is 1. The van der Waals surface area contributed by atoms with E-state index < -0.39 is 6.10 Å². The molecule has 2 N–H and O–H groups in total. The number of nitrogens with one attached hydrogen (secondary N) is 1. The molecule has 0 fully saturated rings. The number of ether oxygens (including phenoxy) is 2. The number of benzene rings is 1. The van der Waals surface area contributed by atoms with E-state index in [0.717, 1.165) is 0 Å². The van der Waals surface area contributed by atoms with Crippen LogP contribution >= 0.6 is 0 Å². The molecule has 1 rings (SSSR count). The van der Waals surface area contributed by atoms with Crippen LogP contribution in [0.2, 0.25) is 0 Å². The van der Waals surface area contributed by atoms with Crippen molar-refractivity contribution in [2.45, 2.75) is 32.9 Å². The van der Waals surface area contributed by atoms with Gasteiger partial charge >= 0.3 is 0 Å². The van der Waals surface area contributed by atoms with Gasteiger partial charge in [0.05, 0.1) is 7.11 Å². The third-order valence-corrected chi connectivity index (χ3v) is 2.76. The number of Topliss-reactive ketones (excluding diaryl/α,β-unsaturated/α-hetero) is 1. The fourth-order valence-electron chi connectivity index (χ4n) is 1.62. The van der Waals surface area contributed by atoms with Gasteiger partial charge in [-0.05, 0) is 25.1 Å². The van der Waals surface area contributed by atoms with Gasteiger partial charge in [0.25, 0.3) is 0 Å². The molecule has 112 valence electrons. The van der Waals surface area contributed by atoms with Crippen LogP contribution in [-0.4, -0.2) is 43.3 Å². The van der Waals surface area contributed by atoms with Crippen LogP contribution in [0.4, 0.5) is 0 Å². The number of aliphatic hydroxyl groups is 1. The zero-order valence-corrected chi connectivity index (χ0v) is 12.5. The monoisotopic (exact) mass is 281 g/mol. The average Bonchev–Trinajstić information content (AvgIpc) is 2.42. The van der Waals surface area contributed by atoms with Gasteiger partial charge in [-0.15, -0.1) is 0 Å². The minimum atomic E-state index is -0.602. The normalized spacial score (nSPS) is 12.3. The van der Waals surface area contributed by atoms with Crippen molar-refractivity contribution in [1.82, 2.24) is 5.32 Å². The predicted molar refractivity (Wildman–Crippen MR) is 77.6 cm³/mol. The summed E-state index contributed by atoms with van der Waals surface area (Å²) in [7, 11) is 1.52. The first kappa shape index (κ1) is 16.5. The summed E-state index contributed by atoms with van der Waals surface area (Å²) in [5.41, 5.74) is 0.566. The summed E-state index contributed by atoms with van der Waals surface area (Å²) in [6.45, 7) is 6.14. The minimum absolute atomic E-state index is 0.0315. The summed E-state index contributed by atoms with van der Waals surface area (Å²) in [5, 5.41) is 12.9. The Kier molecular flexibility index (Phi) is 6.48. The maximum absolute atomic E-state index is 11.3. The van der Waals surface area contributed by atoms with Crippen LogP contribution in [0.5, 0.6) is 11.5 Å². The Hall–Kier alpha value is -1.59. The van der Waals surface area contributed by atoms with E-state index in [9.17, 15) is 9.90 Å². The molecule has 0 amide bonds. The average molecular weight is 281 g/mol. The third-order valence-electron chi connectivity index (χ3n) is 2.76. The molecule has 0 radical (unpaired) electrons. The number of methoxy groups -OCH3 is 1. The number of ketones is 1. The van der Waals surface area contributed by atoms with E-state index in [1.165, 1.54) is 14.0 Å². The standard InChI is InChI=1S/C15H23NO4/c1-10(2)16-8-13(18)9-20-14-6-5-12(11(3)17)7-15(14)19-4/h5-7,10,13,16,18H,8-9H2,1-4H3. The second-order valence-electron chi connectivity index (χ2n) is 4.95. The summed E-state index contributed by atoms with van der Waals surface area (Å²) in [5.74, 6) is 0.971. The topological polar surface area (TPSA) is 67.8 Å². The molecule has 1 aromatic carbocycles. The van der Waals surface area contributed by atoms with E-state index in [2.05, 4.69) is 5.32 Å². The van der Waals surface area contributed by atoms with Crippen LogP contribution in [0.25, 0.3) is 0 Å². The Bertz CT molecular complexity index is 445. The molecule has 1 atom stereocenters. The second kappa shape index (κ2) is 7.87. The van der Waals surface area contributed by atoms with Crippen LogP contribution < -0.4 is 14.8 Å². The van der Waals surface area contributed by atoms with Gasteiger partial charge in [-0.1, -0.05) is 13.8 Å². The van der Waals surface area contributed by atoms with Crippen molar-refractivity contribution in [3.63, 3.8) is 0 Å². The first-order chi connectivity index (χ1) is 9.43. The van der Waals surface area contributed by atoms with Crippen molar-refractivity contribution in [3.05, 3.63) is 23.8 Å². The minimum Gasteiger partial charge on any atom is -0.493 e. The molecule has 0 saturated carbocycles. The Morgan fingerprint density at radius 3 is 2.60 bits per heavy atom.